The van der Waals surface area contributed by atoms with Gasteiger partial charge in [0.1, 0.15) is 46.0 Å². The molecule has 7 aromatic carbocycles. The van der Waals surface area contributed by atoms with Crippen LogP contribution in [-0.2, 0) is 17.1 Å². The standard InChI is InChI=1S/C60H41N8O4.Cu/c1-33-13-5-9-17-49(33)69-37-21-25-41-45(29-37)57-61-53(41)66-58-47-31-39(71-51-19-11-7-15-35(51)3)23-27-43(47)55(63-58)68-60-48-32-40(72-52-20-12-8-16-36(52)4)24-28-44(48)56(64-60)67-59-46-30-38(22-26-42(46)54(62-59)65-57)70-50-18-10-6-14-34(50)2;/h5-32,41H,1-4H3;/q-3;. The summed E-state index contributed by atoms with van der Waals surface area (Å²) in [5.74, 6) is 7.62. The van der Waals surface area contributed by atoms with E-state index in [0.717, 1.165) is 72.5 Å². The number of rotatable bonds is 8. The number of ether oxygens (including phenoxy) is 4. The van der Waals surface area contributed by atoms with E-state index in [9.17, 15) is 0 Å². The van der Waals surface area contributed by atoms with Crippen LogP contribution in [0.15, 0.2) is 212 Å². The summed E-state index contributed by atoms with van der Waals surface area (Å²) in [5.41, 5.74) is 7.08. The summed E-state index contributed by atoms with van der Waals surface area (Å²) in [5, 5.41) is 8.10. The van der Waals surface area contributed by atoms with E-state index in [4.69, 9.17) is 59.2 Å². The zero-order chi connectivity index (χ0) is 48.5. The molecule has 13 rings (SSSR count). The summed E-state index contributed by atoms with van der Waals surface area (Å²) in [6.45, 7) is 8.07. The summed E-state index contributed by atoms with van der Waals surface area (Å²) >= 11 is 0. The van der Waals surface area contributed by atoms with Gasteiger partial charge in [-0.15, -0.1) is 0 Å². The molecule has 359 valence electrons. The van der Waals surface area contributed by atoms with E-state index < -0.39 is 5.92 Å². The van der Waals surface area contributed by atoms with Crippen LogP contribution >= 0.6 is 0 Å². The van der Waals surface area contributed by atoms with E-state index in [0.29, 0.717) is 79.9 Å². The van der Waals surface area contributed by atoms with Crippen LogP contribution in [0.1, 0.15) is 33.4 Å². The third kappa shape index (κ3) is 8.40. The van der Waals surface area contributed by atoms with Crippen molar-refractivity contribution in [3.8, 4) is 40.2 Å². The van der Waals surface area contributed by atoms with Gasteiger partial charge in [0.25, 0.3) is 0 Å². The number of amidine groups is 3. The van der Waals surface area contributed by atoms with Gasteiger partial charge in [0.05, 0.1) is 11.7 Å². The summed E-state index contributed by atoms with van der Waals surface area (Å²) in [6.07, 6.45) is 5.96. The van der Waals surface area contributed by atoms with Crippen molar-refractivity contribution < 1.29 is 36.0 Å². The fraction of sp³-hybridized carbons (Fsp3) is 0.0833. The van der Waals surface area contributed by atoms with Crippen LogP contribution in [0, 0.1) is 33.6 Å². The molecule has 0 N–H and O–H groups in total. The van der Waals surface area contributed by atoms with Crippen LogP contribution in [0.4, 0.5) is 11.6 Å². The second kappa shape index (κ2) is 18.3. The SMILES string of the molecule is Cc1ccccc1OC1=CC2=C3/N=C4\N=C(N=c5[n-]/c(c6cc(Oc7ccccc7C)ccc56)=N\c5[n-]c(c6cc(Oc7ccccc7C)ccc56)/N=C(\[N-]3)C2C=C1)c1cc(Oc2ccccc2C)ccc14.[Cu]. The molecule has 0 saturated carbocycles. The topological polar surface area (TPSA) is 141 Å². The van der Waals surface area contributed by atoms with Gasteiger partial charge in [-0.1, -0.05) is 78.9 Å². The molecule has 0 amide bonds. The normalized spacial score (nSPS) is 17.0. The van der Waals surface area contributed by atoms with Crippen molar-refractivity contribution in [3.63, 3.8) is 0 Å². The molecule has 5 heterocycles. The molecule has 1 aliphatic carbocycles. The van der Waals surface area contributed by atoms with Gasteiger partial charge in [0, 0.05) is 62.5 Å². The Morgan fingerprint density at radius 2 is 0.959 bits per heavy atom. The Bertz CT molecular complexity index is 4100. The van der Waals surface area contributed by atoms with Gasteiger partial charge in [0.2, 0.25) is 0 Å². The van der Waals surface area contributed by atoms with Gasteiger partial charge in [-0.25, -0.2) is 4.99 Å². The molecule has 0 spiro atoms. The van der Waals surface area contributed by atoms with E-state index >= 15 is 0 Å². The average Bonchev–Trinajstić information content (AvgIpc) is 4.12. The second-order valence-corrected chi connectivity index (χ2v) is 17.9. The Labute approximate surface area is 430 Å². The van der Waals surface area contributed by atoms with Gasteiger partial charge < -0.3 is 54.2 Å². The fourth-order valence-corrected chi connectivity index (χ4v) is 9.18. The first kappa shape index (κ1) is 45.1. The Kier molecular flexibility index (Phi) is 11.3. The monoisotopic (exact) mass is 1000 g/mol. The molecule has 4 aliphatic rings. The van der Waals surface area contributed by atoms with Gasteiger partial charge in [-0.2, -0.15) is 0 Å². The van der Waals surface area contributed by atoms with Crippen LogP contribution in [0.2, 0.25) is 0 Å². The number of aliphatic imine (C=N–C) groups is 3. The maximum Gasteiger partial charge on any atom is 0.130 e. The van der Waals surface area contributed by atoms with Crippen LogP contribution in [0.3, 0.4) is 0 Å². The van der Waals surface area contributed by atoms with Crippen molar-refractivity contribution in [2.24, 2.45) is 30.9 Å². The van der Waals surface area contributed by atoms with Crippen molar-refractivity contribution in [3.05, 3.63) is 237 Å². The predicted octanol–water partition coefficient (Wildman–Crippen LogP) is 13.1. The van der Waals surface area contributed by atoms with Crippen LogP contribution in [-0.4, -0.2) is 17.5 Å². The van der Waals surface area contributed by atoms with Gasteiger partial charge >= 0.3 is 0 Å². The maximum atomic E-state index is 6.49. The summed E-state index contributed by atoms with van der Waals surface area (Å²) in [4.78, 5) is 36.5. The molecule has 1 atom stereocenters. The molecule has 12 nitrogen and oxygen atoms in total. The predicted molar refractivity (Wildman–Crippen MR) is 280 cm³/mol. The Morgan fingerprint density at radius 3 is 1.59 bits per heavy atom. The van der Waals surface area contributed by atoms with Gasteiger partial charge in [0.15, 0.2) is 0 Å². The molecular weight excluding hydrogens is 960 g/mol. The number of hydrogen-bond acceptors (Lipinski definition) is 9. The average molecular weight is 1000 g/mol. The molecule has 2 aromatic heterocycles. The summed E-state index contributed by atoms with van der Waals surface area (Å²) in [6, 6.07) is 49.1. The van der Waals surface area contributed by atoms with Crippen molar-refractivity contribution in [1.29, 1.82) is 0 Å². The van der Waals surface area contributed by atoms with Crippen molar-refractivity contribution in [2.45, 2.75) is 27.7 Å². The van der Waals surface area contributed by atoms with Crippen molar-refractivity contribution >= 4 is 50.7 Å². The Morgan fingerprint density at radius 1 is 0.438 bits per heavy atom. The number of aryl methyl sites for hydroxylation is 4. The van der Waals surface area contributed by atoms with E-state index in [1.807, 2.05) is 198 Å². The quantitative estimate of drug-likeness (QED) is 0.139. The number of allylic oxidation sites excluding steroid dienone is 2. The van der Waals surface area contributed by atoms with E-state index in [-0.39, 0.29) is 17.1 Å². The molecule has 8 bridgehead atoms. The zero-order valence-corrected chi connectivity index (χ0v) is 40.7. The number of aromatic nitrogens is 2. The molecular formula is C60H41CuN8O4-3. The van der Waals surface area contributed by atoms with Gasteiger partial charge in [-0.3, -0.25) is 0 Å². The number of hydrogen-bond donors (Lipinski definition) is 0. The molecule has 0 saturated heterocycles. The van der Waals surface area contributed by atoms with E-state index in [1.165, 1.54) is 0 Å². The number of para-hydroxylation sites is 4. The van der Waals surface area contributed by atoms with E-state index in [1.54, 1.807) is 0 Å². The second-order valence-electron chi connectivity index (χ2n) is 17.9. The fourth-order valence-electron chi connectivity index (χ4n) is 9.18. The minimum Gasteiger partial charge on any atom is -0.457 e. The molecule has 1 unspecified atom stereocenters. The smallest absolute Gasteiger partial charge is 0.130 e. The number of benzene rings is 7. The first-order valence-corrected chi connectivity index (χ1v) is 23.6. The molecule has 3 aliphatic heterocycles. The molecule has 9 aromatic rings. The molecule has 1 radical (unpaired) electrons. The Hall–Kier alpha value is -9.03. The zero-order valence-electron chi connectivity index (χ0n) is 39.8. The minimum absolute atomic E-state index is 0. The third-order valence-corrected chi connectivity index (χ3v) is 13.0. The number of nitrogens with zero attached hydrogens (tertiary/aromatic N) is 8. The van der Waals surface area contributed by atoms with Crippen molar-refractivity contribution in [1.82, 2.24) is 9.97 Å². The van der Waals surface area contributed by atoms with Crippen LogP contribution < -0.4 is 39.9 Å². The molecule has 73 heavy (non-hydrogen) atoms. The molecule has 0 fully saturated rings. The summed E-state index contributed by atoms with van der Waals surface area (Å²) < 4.78 is 25.9. The van der Waals surface area contributed by atoms with Crippen LogP contribution in [0.25, 0.3) is 26.9 Å². The maximum absolute atomic E-state index is 6.49. The van der Waals surface area contributed by atoms with E-state index in [2.05, 4.69) is 0 Å². The number of fused-ring (bicyclic) bond motifs is 18. The van der Waals surface area contributed by atoms with Crippen LogP contribution in [0.5, 0.6) is 40.2 Å². The Balaban J connectivity index is 0.00000543. The van der Waals surface area contributed by atoms with Crippen molar-refractivity contribution in [2.75, 3.05) is 0 Å². The summed E-state index contributed by atoms with van der Waals surface area (Å²) in [7, 11) is 0. The molecule has 13 heteroatoms. The van der Waals surface area contributed by atoms with Gasteiger partial charge in [-0.05, 0) is 174 Å². The minimum atomic E-state index is -0.392. The first-order chi connectivity index (χ1) is 35.2. The first-order valence-electron chi connectivity index (χ1n) is 23.6. The third-order valence-electron chi connectivity index (χ3n) is 13.0. The largest absolute Gasteiger partial charge is 0.457 e.